The molecule has 0 aromatic carbocycles. The second kappa shape index (κ2) is 5.35. The van der Waals surface area contributed by atoms with Crippen LogP contribution < -0.4 is 5.32 Å². The van der Waals surface area contributed by atoms with Crippen LogP contribution in [-0.4, -0.2) is 43.8 Å². The Kier molecular flexibility index (Phi) is 4.39. The van der Waals surface area contributed by atoms with Gasteiger partial charge in [-0.25, -0.2) is 4.79 Å². The van der Waals surface area contributed by atoms with E-state index < -0.39 is 0 Å². The van der Waals surface area contributed by atoms with Crippen LogP contribution in [0.25, 0.3) is 0 Å². The minimum atomic E-state index is 0.0415. The average molecular weight is 214 g/mol. The second-order valence-electron chi connectivity index (χ2n) is 4.78. The molecule has 4 heteroatoms. The number of hydrogen-bond acceptors (Lipinski definition) is 2. The lowest BCUT2D eigenvalue weighted by Gasteiger charge is -2.29. The fourth-order valence-electron chi connectivity index (χ4n) is 1.32. The van der Waals surface area contributed by atoms with Gasteiger partial charge in [-0.3, -0.25) is 0 Å². The largest absolute Gasteiger partial charge is 0.378 e. The Morgan fingerprint density at radius 1 is 1.40 bits per heavy atom. The van der Waals surface area contributed by atoms with Gasteiger partial charge in [0.05, 0.1) is 13.2 Å². The van der Waals surface area contributed by atoms with Gasteiger partial charge in [-0.15, -0.1) is 0 Å². The van der Waals surface area contributed by atoms with Crippen LogP contribution in [0.1, 0.15) is 27.2 Å². The van der Waals surface area contributed by atoms with Gasteiger partial charge in [0.25, 0.3) is 0 Å². The van der Waals surface area contributed by atoms with Crippen molar-refractivity contribution in [1.82, 2.24) is 10.2 Å². The van der Waals surface area contributed by atoms with Crippen LogP contribution in [0.5, 0.6) is 0 Å². The van der Waals surface area contributed by atoms with E-state index in [1.54, 1.807) is 0 Å². The molecule has 0 spiro atoms. The first-order valence-electron chi connectivity index (χ1n) is 5.66. The van der Waals surface area contributed by atoms with Crippen LogP contribution in [0.2, 0.25) is 0 Å². The summed E-state index contributed by atoms with van der Waals surface area (Å²) in [5, 5.41) is 2.97. The summed E-state index contributed by atoms with van der Waals surface area (Å²) in [6.07, 6.45) is 1.07. The number of carbonyl (C=O) groups excluding carboxylic acids is 1. The van der Waals surface area contributed by atoms with Gasteiger partial charge < -0.3 is 15.0 Å². The SMILES string of the molecule is CCC(C)(C)CNC(=O)N1CCOCC1. The third-order valence-electron chi connectivity index (χ3n) is 2.97. The van der Waals surface area contributed by atoms with E-state index in [0.29, 0.717) is 26.3 Å². The molecular formula is C11H22N2O2. The van der Waals surface area contributed by atoms with E-state index in [2.05, 4.69) is 26.1 Å². The Hall–Kier alpha value is -0.770. The molecule has 1 rings (SSSR count). The quantitative estimate of drug-likeness (QED) is 0.773. The fourth-order valence-corrected chi connectivity index (χ4v) is 1.32. The number of morpholine rings is 1. The molecular weight excluding hydrogens is 192 g/mol. The molecule has 1 aliphatic heterocycles. The Morgan fingerprint density at radius 2 is 2.00 bits per heavy atom. The van der Waals surface area contributed by atoms with Crippen LogP contribution in [0.15, 0.2) is 0 Å². The summed E-state index contributed by atoms with van der Waals surface area (Å²) < 4.78 is 5.19. The summed E-state index contributed by atoms with van der Waals surface area (Å²) in [6, 6.07) is 0.0415. The number of carbonyl (C=O) groups is 1. The van der Waals surface area contributed by atoms with Gasteiger partial charge in [0.1, 0.15) is 0 Å². The normalized spacial score (nSPS) is 17.7. The van der Waals surface area contributed by atoms with E-state index in [9.17, 15) is 4.79 Å². The van der Waals surface area contributed by atoms with Gasteiger partial charge in [0, 0.05) is 19.6 Å². The molecule has 1 fully saturated rings. The monoisotopic (exact) mass is 214 g/mol. The molecule has 1 N–H and O–H groups in total. The molecule has 0 saturated carbocycles. The van der Waals surface area contributed by atoms with Crippen molar-refractivity contribution >= 4 is 6.03 Å². The predicted molar refractivity (Wildman–Crippen MR) is 59.9 cm³/mol. The van der Waals surface area contributed by atoms with E-state index in [-0.39, 0.29) is 11.4 Å². The van der Waals surface area contributed by atoms with Gasteiger partial charge in [-0.1, -0.05) is 20.8 Å². The maximum absolute atomic E-state index is 11.7. The Labute approximate surface area is 92.0 Å². The van der Waals surface area contributed by atoms with E-state index >= 15 is 0 Å². The molecule has 88 valence electrons. The van der Waals surface area contributed by atoms with E-state index in [1.807, 2.05) is 4.90 Å². The van der Waals surface area contributed by atoms with Crippen molar-refractivity contribution in [3.8, 4) is 0 Å². The number of ether oxygens (including phenoxy) is 1. The molecule has 0 unspecified atom stereocenters. The van der Waals surface area contributed by atoms with Crippen molar-refractivity contribution in [3.63, 3.8) is 0 Å². The van der Waals surface area contributed by atoms with E-state index in [1.165, 1.54) is 0 Å². The molecule has 1 saturated heterocycles. The van der Waals surface area contributed by atoms with Crippen molar-refractivity contribution in [2.45, 2.75) is 27.2 Å². The molecule has 0 aromatic heterocycles. The van der Waals surface area contributed by atoms with Crippen LogP contribution in [-0.2, 0) is 4.74 Å². The molecule has 4 nitrogen and oxygen atoms in total. The van der Waals surface area contributed by atoms with Crippen LogP contribution >= 0.6 is 0 Å². The van der Waals surface area contributed by atoms with Gasteiger partial charge in [-0.2, -0.15) is 0 Å². The Bertz CT molecular complexity index is 211. The molecule has 0 aliphatic carbocycles. The first kappa shape index (κ1) is 12.3. The highest BCUT2D eigenvalue weighted by atomic mass is 16.5. The number of amides is 2. The highest BCUT2D eigenvalue weighted by Gasteiger charge is 2.20. The number of rotatable bonds is 3. The first-order valence-corrected chi connectivity index (χ1v) is 5.66. The highest BCUT2D eigenvalue weighted by molar-refractivity contribution is 5.74. The molecule has 2 amide bonds. The number of nitrogens with zero attached hydrogens (tertiary/aromatic N) is 1. The molecule has 15 heavy (non-hydrogen) atoms. The Balaban J connectivity index is 2.28. The van der Waals surface area contributed by atoms with Crippen LogP contribution in [0.4, 0.5) is 4.79 Å². The third-order valence-corrected chi connectivity index (χ3v) is 2.97. The zero-order chi connectivity index (χ0) is 11.3. The smallest absolute Gasteiger partial charge is 0.317 e. The van der Waals surface area contributed by atoms with Gasteiger partial charge in [0.2, 0.25) is 0 Å². The van der Waals surface area contributed by atoms with E-state index in [4.69, 9.17) is 4.74 Å². The summed E-state index contributed by atoms with van der Waals surface area (Å²) in [5.74, 6) is 0. The molecule has 0 radical (unpaired) electrons. The zero-order valence-corrected chi connectivity index (χ0v) is 10.0. The highest BCUT2D eigenvalue weighted by Crippen LogP contribution is 2.17. The maximum Gasteiger partial charge on any atom is 0.317 e. The molecule has 0 atom stereocenters. The van der Waals surface area contributed by atoms with Crippen molar-refractivity contribution < 1.29 is 9.53 Å². The predicted octanol–water partition coefficient (Wildman–Crippen LogP) is 1.46. The number of urea groups is 1. The first-order chi connectivity index (χ1) is 7.05. The topological polar surface area (TPSA) is 41.6 Å². The van der Waals surface area contributed by atoms with Crippen molar-refractivity contribution in [2.75, 3.05) is 32.8 Å². The molecule has 1 heterocycles. The lowest BCUT2D eigenvalue weighted by atomic mass is 9.90. The summed E-state index contributed by atoms with van der Waals surface area (Å²) in [7, 11) is 0. The summed E-state index contributed by atoms with van der Waals surface area (Å²) in [6.45, 7) is 9.92. The average Bonchev–Trinajstić information content (AvgIpc) is 2.27. The number of hydrogen-bond donors (Lipinski definition) is 1. The van der Waals surface area contributed by atoms with Crippen molar-refractivity contribution in [2.24, 2.45) is 5.41 Å². The molecule has 0 aromatic rings. The van der Waals surface area contributed by atoms with Crippen molar-refractivity contribution in [1.29, 1.82) is 0 Å². The molecule has 1 aliphatic rings. The minimum Gasteiger partial charge on any atom is -0.378 e. The lowest BCUT2D eigenvalue weighted by molar-refractivity contribution is 0.0526. The van der Waals surface area contributed by atoms with E-state index in [0.717, 1.165) is 13.0 Å². The van der Waals surface area contributed by atoms with Crippen LogP contribution in [0.3, 0.4) is 0 Å². The van der Waals surface area contributed by atoms with Gasteiger partial charge in [0.15, 0.2) is 0 Å². The summed E-state index contributed by atoms with van der Waals surface area (Å²) in [5.41, 5.74) is 0.182. The second-order valence-corrected chi connectivity index (χ2v) is 4.78. The summed E-state index contributed by atoms with van der Waals surface area (Å²) in [4.78, 5) is 13.5. The minimum absolute atomic E-state index is 0.0415. The van der Waals surface area contributed by atoms with Crippen molar-refractivity contribution in [3.05, 3.63) is 0 Å². The third kappa shape index (κ3) is 4.08. The maximum atomic E-state index is 11.7. The Morgan fingerprint density at radius 3 is 2.53 bits per heavy atom. The van der Waals surface area contributed by atoms with Gasteiger partial charge >= 0.3 is 6.03 Å². The number of nitrogens with one attached hydrogen (secondary N) is 1. The fraction of sp³-hybridized carbons (Fsp3) is 0.909. The lowest BCUT2D eigenvalue weighted by Crippen LogP contribution is -2.48. The zero-order valence-electron chi connectivity index (χ0n) is 10.0. The summed E-state index contributed by atoms with van der Waals surface area (Å²) >= 11 is 0. The standard InChI is InChI=1S/C11H22N2O2/c1-4-11(2,3)9-12-10(14)13-5-7-15-8-6-13/h4-9H2,1-3H3,(H,12,14). The van der Waals surface area contributed by atoms with Gasteiger partial charge in [-0.05, 0) is 11.8 Å². The van der Waals surface area contributed by atoms with Crippen LogP contribution in [0, 0.1) is 5.41 Å². The molecule has 0 bridgehead atoms.